The lowest BCUT2D eigenvalue weighted by molar-refractivity contribution is -0.138. The number of pyridine rings is 2. The van der Waals surface area contributed by atoms with Crippen molar-refractivity contribution < 1.29 is 14.7 Å². The van der Waals surface area contributed by atoms with Gasteiger partial charge in [0.25, 0.3) is 0 Å². The number of aryl methyl sites for hydroxylation is 1. The van der Waals surface area contributed by atoms with Crippen molar-refractivity contribution in [1.29, 1.82) is 0 Å². The van der Waals surface area contributed by atoms with Crippen LogP contribution < -0.4 is 10.2 Å². The minimum Gasteiger partial charge on any atom is -0.481 e. The molecule has 138 valence electrons. The van der Waals surface area contributed by atoms with E-state index in [1.807, 2.05) is 25.3 Å². The van der Waals surface area contributed by atoms with Crippen LogP contribution in [0.3, 0.4) is 0 Å². The van der Waals surface area contributed by atoms with Crippen molar-refractivity contribution in [3.63, 3.8) is 0 Å². The number of carbonyl (C=O) groups excluding carboxylic acids is 1. The number of nitrogens with one attached hydrogen (secondary N) is 1. The Morgan fingerprint density at radius 3 is 2.88 bits per heavy atom. The zero-order valence-corrected chi connectivity index (χ0v) is 15.1. The second kappa shape index (κ2) is 7.68. The molecule has 2 N–H and O–H groups in total. The molecule has 2 atom stereocenters. The van der Waals surface area contributed by atoms with Crippen molar-refractivity contribution in [2.75, 3.05) is 18.0 Å². The summed E-state index contributed by atoms with van der Waals surface area (Å²) in [4.78, 5) is 33.8. The Labute approximate surface area is 152 Å². The van der Waals surface area contributed by atoms with Crippen molar-refractivity contribution in [2.24, 2.45) is 5.92 Å². The first-order valence-corrected chi connectivity index (χ1v) is 8.90. The molecular weight excluding hydrogens is 332 g/mol. The van der Waals surface area contributed by atoms with Crippen molar-refractivity contribution in [1.82, 2.24) is 15.3 Å². The maximum absolute atomic E-state index is 12.0. The molecule has 1 aliphatic heterocycles. The minimum atomic E-state index is -0.955. The van der Waals surface area contributed by atoms with Crippen molar-refractivity contribution >= 4 is 28.5 Å². The molecule has 3 heterocycles. The highest BCUT2D eigenvalue weighted by Gasteiger charge is 2.27. The average molecular weight is 356 g/mol. The molecule has 2 aromatic heterocycles. The zero-order chi connectivity index (χ0) is 18.7. The van der Waals surface area contributed by atoms with Gasteiger partial charge in [0, 0.05) is 37.1 Å². The first-order chi connectivity index (χ1) is 12.4. The fourth-order valence-electron chi connectivity index (χ4n) is 3.61. The third-order valence-corrected chi connectivity index (χ3v) is 4.74. The molecule has 2 aromatic rings. The van der Waals surface area contributed by atoms with E-state index in [-0.39, 0.29) is 24.8 Å². The summed E-state index contributed by atoms with van der Waals surface area (Å²) in [6.45, 7) is 5.67. The molecule has 0 spiro atoms. The summed E-state index contributed by atoms with van der Waals surface area (Å²) in [6.07, 6.45) is 4.39. The van der Waals surface area contributed by atoms with Crippen LogP contribution >= 0.6 is 0 Å². The second-order valence-electron chi connectivity index (χ2n) is 7.03. The van der Waals surface area contributed by atoms with Gasteiger partial charge in [0.1, 0.15) is 0 Å². The van der Waals surface area contributed by atoms with Crippen LogP contribution in [0.4, 0.5) is 5.69 Å². The number of amides is 1. The second-order valence-corrected chi connectivity index (χ2v) is 7.03. The van der Waals surface area contributed by atoms with Gasteiger partial charge in [-0.1, -0.05) is 6.92 Å². The summed E-state index contributed by atoms with van der Waals surface area (Å²) >= 11 is 0. The molecule has 1 fully saturated rings. The molecular formula is C19H24N4O3. The SMILES string of the molecule is Cc1ncc(N2CC(NC(=O)CCC(=O)O)C[C@H](C)C2)c2cccnc12. The Morgan fingerprint density at radius 1 is 1.31 bits per heavy atom. The lowest BCUT2D eigenvalue weighted by atomic mass is 9.95. The average Bonchev–Trinajstić information content (AvgIpc) is 2.60. The predicted molar refractivity (Wildman–Crippen MR) is 99.1 cm³/mol. The molecule has 1 unspecified atom stereocenters. The van der Waals surface area contributed by atoms with Crippen LogP contribution in [0.25, 0.3) is 10.9 Å². The van der Waals surface area contributed by atoms with E-state index in [0.717, 1.165) is 35.2 Å². The molecule has 0 radical (unpaired) electrons. The molecule has 7 heteroatoms. The van der Waals surface area contributed by atoms with Gasteiger partial charge < -0.3 is 15.3 Å². The van der Waals surface area contributed by atoms with E-state index in [0.29, 0.717) is 12.5 Å². The van der Waals surface area contributed by atoms with Crippen LogP contribution in [0.5, 0.6) is 0 Å². The Kier molecular flexibility index (Phi) is 5.35. The number of nitrogens with zero attached hydrogens (tertiary/aromatic N) is 3. The molecule has 1 saturated heterocycles. The number of hydrogen-bond acceptors (Lipinski definition) is 5. The number of rotatable bonds is 5. The van der Waals surface area contributed by atoms with E-state index in [2.05, 4.69) is 27.1 Å². The van der Waals surface area contributed by atoms with E-state index < -0.39 is 5.97 Å². The molecule has 1 amide bonds. The van der Waals surface area contributed by atoms with Gasteiger partial charge in [0.15, 0.2) is 0 Å². The van der Waals surface area contributed by atoms with Crippen LogP contribution in [0, 0.1) is 12.8 Å². The number of hydrogen-bond donors (Lipinski definition) is 2. The van der Waals surface area contributed by atoms with Gasteiger partial charge in [0.05, 0.1) is 29.5 Å². The molecule has 0 aromatic carbocycles. The molecule has 3 rings (SSSR count). The van der Waals surface area contributed by atoms with Gasteiger partial charge in [-0.25, -0.2) is 0 Å². The third-order valence-electron chi connectivity index (χ3n) is 4.74. The van der Waals surface area contributed by atoms with E-state index in [9.17, 15) is 9.59 Å². The Morgan fingerprint density at radius 2 is 2.12 bits per heavy atom. The number of carboxylic acid groups (broad SMARTS) is 1. The summed E-state index contributed by atoms with van der Waals surface area (Å²) in [5.74, 6) is -0.759. The summed E-state index contributed by atoms with van der Waals surface area (Å²) in [5.41, 5.74) is 2.81. The molecule has 7 nitrogen and oxygen atoms in total. The van der Waals surface area contributed by atoms with Gasteiger partial charge >= 0.3 is 5.97 Å². The highest BCUT2D eigenvalue weighted by molar-refractivity contribution is 5.92. The summed E-state index contributed by atoms with van der Waals surface area (Å²) in [5, 5.41) is 12.8. The van der Waals surface area contributed by atoms with E-state index in [1.54, 1.807) is 6.20 Å². The van der Waals surface area contributed by atoms with Gasteiger partial charge in [-0.05, 0) is 31.4 Å². The monoisotopic (exact) mass is 356 g/mol. The number of aliphatic carboxylic acids is 1. The first-order valence-electron chi connectivity index (χ1n) is 8.90. The van der Waals surface area contributed by atoms with Gasteiger partial charge in [-0.15, -0.1) is 0 Å². The van der Waals surface area contributed by atoms with Crippen molar-refractivity contribution in [3.8, 4) is 0 Å². The quantitative estimate of drug-likeness (QED) is 0.852. The van der Waals surface area contributed by atoms with Crippen LogP contribution in [0.2, 0.25) is 0 Å². The molecule has 1 aliphatic rings. The highest BCUT2D eigenvalue weighted by Crippen LogP contribution is 2.30. The normalized spacial score (nSPS) is 20.2. The standard InChI is InChI=1S/C19H24N4O3/c1-12-8-14(22-17(24)5-6-18(25)26)11-23(10-12)16-9-21-13(2)19-15(16)4-3-7-20-19/h3-4,7,9,12,14H,5-6,8,10-11H2,1-2H3,(H,22,24)(H,25,26)/t12-,14?/m0/s1. The van der Waals surface area contributed by atoms with E-state index in [4.69, 9.17) is 5.11 Å². The highest BCUT2D eigenvalue weighted by atomic mass is 16.4. The predicted octanol–water partition coefficient (Wildman–Crippen LogP) is 2.13. The van der Waals surface area contributed by atoms with Gasteiger partial charge in [-0.3, -0.25) is 19.6 Å². The largest absolute Gasteiger partial charge is 0.481 e. The Hall–Kier alpha value is -2.70. The van der Waals surface area contributed by atoms with Crippen LogP contribution in [-0.2, 0) is 9.59 Å². The summed E-state index contributed by atoms with van der Waals surface area (Å²) in [7, 11) is 0. The molecule has 0 saturated carbocycles. The number of piperidine rings is 1. The molecule has 26 heavy (non-hydrogen) atoms. The summed E-state index contributed by atoms with van der Waals surface area (Å²) < 4.78 is 0. The number of aromatic nitrogens is 2. The van der Waals surface area contributed by atoms with Crippen molar-refractivity contribution in [2.45, 2.75) is 39.2 Å². The lowest BCUT2D eigenvalue weighted by Gasteiger charge is -2.38. The lowest BCUT2D eigenvalue weighted by Crippen LogP contribution is -2.50. The third kappa shape index (κ3) is 4.09. The Balaban J connectivity index is 1.78. The number of fused-ring (bicyclic) bond motifs is 1. The molecule has 0 aliphatic carbocycles. The number of carbonyl (C=O) groups is 2. The summed E-state index contributed by atoms with van der Waals surface area (Å²) in [6, 6.07) is 3.96. The smallest absolute Gasteiger partial charge is 0.303 e. The van der Waals surface area contributed by atoms with E-state index in [1.165, 1.54) is 0 Å². The topological polar surface area (TPSA) is 95.4 Å². The first kappa shape index (κ1) is 18.1. The Bertz CT molecular complexity index is 824. The zero-order valence-electron chi connectivity index (χ0n) is 15.1. The van der Waals surface area contributed by atoms with Crippen LogP contribution in [0.1, 0.15) is 31.9 Å². The van der Waals surface area contributed by atoms with Gasteiger partial charge in [-0.2, -0.15) is 0 Å². The minimum absolute atomic E-state index is 0.00642. The van der Waals surface area contributed by atoms with Crippen LogP contribution in [-0.4, -0.2) is 46.1 Å². The fraction of sp³-hybridized carbons (Fsp3) is 0.474. The van der Waals surface area contributed by atoms with E-state index >= 15 is 0 Å². The maximum Gasteiger partial charge on any atom is 0.303 e. The van der Waals surface area contributed by atoms with Crippen molar-refractivity contribution in [3.05, 3.63) is 30.2 Å². The van der Waals surface area contributed by atoms with Crippen LogP contribution in [0.15, 0.2) is 24.5 Å². The molecule has 0 bridgehead atoms. The maximum atomic E-state index is 12.0. The van der Waals surface area contributed by atoms with Gasteiger partial charge in [0.2, 0.25) is 5.91 Å². The number of carboxylic acids is 1. The number of anilines is 1. The fourth-order valence-corrected chi connectivity index (χ4v) is 3.61.